The van der Waals surface area contributed by atoms with Gasteiger partial charge < -0.3 is 9.47 Å². The van der Waals surface area contributed by atoms with Gasteiger partial charge in [-0.3, -0.25) is 9.80 Å². The SMILES string of the molecule is COCCC(C)N1CCN(CCOC)CC1. The van der Waals surface area contributed by atoms with E-state index in [-0.39, 0.29) is 0 Å². The molecule has 1 fully saturated rings. The van der Waals surface area contributed by atoms with Gasteiger partial charge in [0.05, 0.1) is 6.61 Å². The number of nitrogens with zero attached hydrogens (tertiary/aromatic N) is 2. The third-order valence-electron chi connectivity index (χ3n) is 3.38. The van der Waals surface area contributed by atoms with Gasteiger partial charge in [-0.15, -0.1) is 0 Å². The molecule has 0 aromatic rings. The van der Waals surface area contributed by atoms with Crippen molar-refractivity contribution in [2.45, 2.75) is 19.4 Å². The van der Waals surface area contributed by atoms with Crippen LogP contribution >= 0.6 is 0 Å². The zero-order chi connectivity index (χ0) is 11.8. The van der Waals surface area contributed by atoms with E-state index in [1.165, 1.54) is 26.2 Å². The van der Waals surface area contributed by atoms with E-state index in [1.54, 1.807) is 14.2 Å². The molecule has 0 aliphatic carbocycles. The van der Waals surface area contributed by atoms with Crippen LogP contribution in [0.4, 0.5) is 0 Å². The molecule has 0 aromatic heterocycles. The maximum atomic E-state index is 5.12. The first-order valence-electron chi connectivity index (χ1n) is 6.22. The van der Waals surface area contributed by atoms with E-state index in [0.29, 0.717) is 6.04 Å². The summed E-state index contributed by atoms with van der Waals surface area (Å²) in [6.45, 7) is 9.76. The first-order valence-corrected chi connectivity index (χ1v) is 6.22. The Hall–Kier alpha value is -0.160. The maximum absolute atomic E-state index is 5.12. The van der Waals surface area contributed by atoms with Gasteiger partial charge >= 0.3 is 0 Å². The maximum Gasteiger partial charge on any atom is 0.0589 e. The molecule has 1 saturated heterocycles. The largest absolute Gasteiger partial charge is 0.385 e. The highest BCUT2D eigenvalue weighted by molar-refractivity contribution is 4.76. The summed E-state index contributed by atoms with van der Waals surface area (Å²) in [5, 5.41) is 0. The molecule has 1 heterocycles. The fourth-order valence-corrected chi connectivity index (χ4v) is 2.12. The molecule has 1 unspecified atom stereocenters. The van der Waals surface area contributed by atoms with Crippen LogP contribution < -0.4 is 0 Å². The molecule has 1 aliphatic heterocycles. The Morgan fingerprint density at radius 2 is 1.62 bits per heavy atom. The molecule has 0 radical (unpaired) electrons. The Bertz CT molecular complexity index is 170. The Balaban J connectivity index is 2.15. The van der Waals surface area contributed by atoms with E-state index >= 15 is 0 Å². The standard InChI is InChI=1S/C12H26N2O2/c1-12(4-10-15-2)14-7-5-13(6-8-14)9-11-16-3/h12H,4-11H2,1-3H3. The lowest BCUT2D eigenvalue weighted by Crippen LogP contribution is -2.50. The van der Waals surface area contributed by atoms with E-state index in [9.17, 15) is 0 Å². The van der Waals surface area contributed by atoms with Crippen LogP contribution in [0, 0.1) is 0 Å². The molecule has 96 valence electrons. The van der Waals surface area contributed by atoms with Gasteiger partial charge in [0, 0.05) is 59.6 Å². The summed E-state index contributed by atoms with van der Waals surface area (Å²) in [5.74, 6) is 0. The highest BCUT2D eigenvalue weighted by Crippen LogP contribution is 2.08. The second-order valence-corrected chi connectivity index (χ2v) is 4.50. The molecule has 0 spiro atoms. The van der Waals surface area contributed by atoms with Gasteiger partial charge in [0.2, 0.25) is 0 Å². The number of methoxy groups -OCH3 is 2. The van der Waals surface area contributed by atoms with Crippen molar-refractivity contribution in [1.82, 2.24) is 9.80 Å². The molecule has 0 bridgehead atoms. The van der Waals surface area contributed by atoms with Gasteiger partial charge in [-0.05, 0) is 13.3 Å². The summed E-state index contributed by atoms with van der Waals surface area (Å²) in [7, 11) is 3.54. The van der Waals surface area contributed by atoms with E-state index in [4.69, 9.17) is 9.47 Å². The Labute approximate surface area is 99.5 Å². The number of rotatable bonds is 7. The molecule has 4 heteroatoms. The highest BCUT2D eigenvalue weighted by Gasteiger charge is 2.20. The third kappa shape index (κ3) is 4.78. The van der Waals surface area contributed by atoms with Crippen LogP contribution in [-0.4, -0.2) is 76.0 Å². The third-order valence-corrected chi connectivity index (χ3v) is 3.38. The van der Waals surface area contributed by atoms with Crippen molar-refractivity contribution in [3.8, 4) is 0 Å². The van der Waals surface area contributed by atoms with Crippen molar-refractivity contribution < 1.29 is 9.47 Å². The highest BCUT2D eigenvalue weighted by atomic mass is 16.5. The van der Waals surface area contributed by atoms with Crippen molar-refractivity contribution >= 4 is 0 Å². The number of piperazine rings is 1. The predicted molar refractivity (Wildman–Crippen MR) is 65.8 cm³/mol. The van der Waals surface area contributed by atoms with Crippen LogP contribution in [-0.2, 0) is 9.47 Å². The predicted octanol–water partition coefficient (Wildman–Crippen LogP) is 0.675. The van der Waals surface area contributed by atoms with E-state index in [2.05, 4.69) is 16.7 Å². The smallest absolute Gasteiger partial charge is 0.0589 e. The minimum Gasteiger partial charge on any atom is -0.385 e. The van der Waals surface area contributed by atoms with Crippen LogP contribution in [0.15, 0.2) is 0 Å². The normalized spacial score (nSPS) is 21.2. The lowest BCUT2D eigenvalue weighted by atomic mass is 10.2. The number of hydrogen-bond acceptors (Lipinski definition) is 4. The summed E-state index contributed by atoms with van der Waals surface area (Å²) in [6.07, 6.45) is 1.13. The fourth-order valence-electron chi connectivity index (χ4n) is 2.12. The molecule has 0 aromatic carbocycles. The molecule has 1 aliphatic rings. The first-order chi connectivity index (χ1) is 7.77. The van der Waals surface area contributed by atoms with Crippen molar-refractivity contribution in [3.63, 3.8) is 0 Å². The molecule has 0 amide bonds. The zero-order valence-electron chi connectivity index (χ0n) is 10.9. The topological polar surface area (TPSA) is 24.9 Å². The van der Waals surface area contributed by atoms with Crippen molar-refractivity contribution in [1.29, 1.82) is 0 Å². The molecule has 1 rings (SSSR count). The lowest BCUT2D eigenvalue weighted by Gasteiger charge is -2.38. The van der Waals surface area contributed by atoms with Crippen LogP contribution in [0.25, 0.3) is 0 Å². The van der Waals surface area contributed by atoms with E-state index < -0.39 is 0 Å². The minimum absolute atomic E-state index is 0.643. The summed E-state index contributed by atoms with van der Waals surface area (Å²) < 4.78 is 10.2. The van der Waals surface area contributed by atoms with Crippen molar-refractivity contribution in [3.05, 3.63) is 0 Å². The van der Waals surface area contributed by atoms with Crippen molar-refractivity contribution in [2.75, 3.05) is 60.2 Å². The summed E-state index contributed by atoms with van der Waals surface area (Å²) in [6, 6.07) is 0.643. The summed E-state index contributed by atoms with van der Waals surface area (Å²) >= 11 is 0. The average Bonchev–Trinajstić information content (AvgIpc) is 2.34. The minimum atomic E-state index is 0.643. The monoisotopic (exact) mass is 230 g/mol. The summed E-state index contributed by atoms with van der Waals surface area (Å²) in [4.78, 5) is 5.03. The second kappa shape index (κ2) is 8.01. The molecule has 1 atom stereocenters. The Morgan fingerprint density at radius 3 is 2.19 bits per heavy atom. The number of hydrogen-bond donors (Lipinski definition) is 0. The quantitative estimate of drug-likeness (QED) is 0.642. The molecule has 16 heavy (non-hydrogen) atoms. The Morgan fingerprint density at radius 1 is 1.00 bits per heavy atom. The van der Waals surface area contributed by atoms with Crippen LogP contribution in [0.1, 0.15) is 13.3 Å². The average molecular weight is 230 g/mol. The molecule has 4 nitrogen and oxygen atoms in total. The fraction of sp³-hybridized carbons (Fsp3) is 1.00. The molecule has 0 N–H and O–H groups in total. The van der Waals surface area contributed by atoms with E-state index in [1.807, 2.05) is 0 Å². The molecule has 0 saturated carbocycles. The van der Waals surface area contributed by atoms with E-state index in [0.717, 1.165) is 26.2 Å². The lowest BCUT2D eigenvalue weighted by molar-refractivity contribution is 0.0671. The van der Waals surface area contributed by atoms with Crippen LogP contribution in [0.5, 0.6) is 0 Å². The van der Waals surface area contributed by atoms with Crippen molar-refractivity contribution in [2.24, 2.45) is 0 Å². The van der Waals surface area contributed by atoms with Gasteiger partial charge in [0.1, 0.15) is 0 Å². The molecular formula is C12H26N2O2. The zero-order valence-corrected chi connectivity index (χ0v) is 10.9. The van der Waals surface area contributed by atoms with Gasteiger partial charge in [-0.2, -0.15) is 0 Å². The Kier molecular flexibility index (Phi) is 6.96. The number of ether oxygens (including phenoxy) is 2. The molecular weight excluding hydrogens is 204 g/mol. The first kappa shape index (κ1) is 13.9. The summed E-state index contributed by atoms with van der Waals surface area (Å²) in [5.41, 5.74) is 0. The van der Waals surface area contributed by atoms with Gasteiger partial charge in [-0.25, -0.2) is 0 Å². The van der Waals surface area contributed by atoms with Gasteiger partial charge in [-0.1, -0.05) is 0 Å². The second-order valence-electron chi connectivity index (χ2n) is 4.50. The van der Waals surface area contributed by atoms with Gasteiger partial charge in [0.25, 0.3) is 0 Å². The van der Waals surface area contributed by atoms with Gasteiger partial charge in [0.15, 0.2) is 0 Å². The van der Waals surface area contributed by atoms with Crippen LogP contribution in [0.2, 0.25) is 0 Å². The van der Waals surface area contributed by atoms with Crippen LogP contribution in [0.3, 0.4) is 0 Å².